The minimum atomic E-state index is -0.635. The SMILES string of the molecule is CC(C)(C)NC(=O)CNc1cc(F)ccc1[N+](=O)[O-]. The Morgan fingerprint density at radius 2 is 2.05 bits per heavy atom. The lowest BCUT2D eigenvalue weighted by Crippen LogP contribution is -2.43. The van der Waals surface area contributed by atoms with Crippen LogP contribution in [0.1, 0.15) is 20.8 Å². The summed E-state index contributed by atoms with van der Waals surface area (Å²) in [5, 5.41) is 16.0. The fraction of sp³-hybridized carbons (Fsp3) is 0.417. The van der Waals surface area contributed by atoms with E-state index in [0.29, 0.717) is 0 Å². The average molecular weight is 269 g/mol. The summed E-state index contributed by atoms with van der Waals surface area (Å²) in [7, 11) is 0. The van der Waals surface area contributed by atoms with E-state index < -0.39 is 16.3 Å². The summed E-state index contributed by atoms with van der Waals surface area (Å²) in [5.74, 6) is -0.935. The van der Waals surface area contributed by atoms with E-state index in [1.165, 1.54) is 0 Å². The number of carbonyl (C=O) groups is 1. The van der Waals surface area contributed by atoms with Crippen LogP contribution in [0.15, 0.2) is 18.2 Å². The second-order valence-electron chi connectivity index (χ2n) is 5.07. The van der Waals surface area contributed by atoms with E-state index >= 15 is 0 Å². The van der Waals surface area contributed by atoms with Crippen molar-refractivity contribution in [3.05, 3.63) is 34.1 Å². The van der Waals surface area contributed by atoms with Gasteiger partial charge in [-0.25, -0.2) is 4.39 Å². The lowest BCUT2D eigenvalue weighted by molar-refractivity contribution is -0.384. The minimum absolute atomic E-state index is 0.0194. The molecule has 1 rings (SSSR count). The smallest absolute Gasteiger partial charge is 0.292 e. The number of anilines is 1. The van der Waals surface area contributed by atoms with Crippen LogP contribution in [-0.4, -0.2) is 22.9 Å². The van der Waals surface area contributed by atoms with Crippen LogP contribution in [0.2, 0.25) is 0 Å². The Morgan fingerprint density at radius 3 is 2.58 bits per heavy atom. The van der Waals surface area contributed by atoms with Crippen LogP contribution in [0.25, 0.3) is 0 Å². The van der Waals surface area contributed by atoms with Gasteiger partial charge in [-0.2, -0.15) is 0 Å². The molecule has 7 heteroatoms. The Kier molecular flexibility index (Phi) is 4.42. The number of benzene rings is 1. The topological polar surface area (TPSA) is 84.3 Å². The highest BCUT2D eigenvalue weighted by atomic mass is 19.1. The summed E-state index contributed by atoms with van der Waals surface area (Å²) in [5.41, 5.74) is -0.689. The lowest BCUT2D eigenvalue weighted by Gasteiger charge is -2.20. The van der Waals surface area contributed by atoms with Gasteiger partial charge in [0.25, 0.3) is 5.69 Å². The van der Waals surface area contributed by atoms with Gasteiger partial charge in [-0.05, 0) is 26.8 Å². The molecule has 0 saturated heterocycles. The van der Waals surface area contributed by atoms with Crippen molar-refractivity contribution in [2.75, 3.05) is 11.9 Å². The zero-order chi connectivity index (χ0) is 14.6. The van der Waals surface area contributed by atoms with Gasteiger partial charge in [0.1, 0.15) is 11.5 Å². The number of nitrogens with one attached hydrogen (secondary N) is 2. The van der Waals surface area contributed by atoms with Crippen LogP contribution < -0.4 is 10.6 Å². The largest absolute Gasteiger partial charge is 0.370 e. The van der Waals surface area contributed by atoms with Crippen molar-refractivity contribution in [1.82, 2.24) is 5.32 Å². The van der Waals surface area contributed by atoms with Crippen LogP contribution in [0.5, 0.6) is 0 Å². The van der Waals surface area contributed by atoms with Crippen molar-refractivity contribution in [3.63, 3.8) is 0 Å². The first-order valence-electron chi connectivity index (χ1n) is 5.68. The van der Waals surface area contributed by atoms with Gasteiger partial charge in [0.2, 0.25) is 5.91 Å². The molecule has 0 aliphatic carbocycles. The van der Waals surface area contributed by atoms with Gasteiger partial charge < -0.3 is 10.6 Å². The average Bonchev–Trinajstić information content (AvgIpc) is 2.23. The minimum Gasteiger partial charge on any atom is -0.370 e. The third kappa shape index (κ3) is 4.90. The van der Waals surface area contributed by atoms with Crippen molar-refractivity contribution < 1.29 is 14.1 Å². The number of halogens is 1. The Bertz CT molecular complexity index is 497. The summed E-state index contributed by atoms with van der Waals surface area (Å²) in [6, 6.07) is 3.04. The molecule has 0 aliphatic rings. The van der Waals surface area contributed by atoms with E-state index in [4.69, 9.17) is 0 Å². The van der Waals surface area contributed by atoms with Gasteiger partial charge in [0, 0.05) is 17.7 Å². The number of carbonyl (C=O) groups excluding carboxylic acids is 1. The number of rotatable bonds is 4. The van der Waals surface area contributed by atoms with E-state index in [1.54, 1.807) is 0 Å². The molecule has 1 aromatic rings. The summed E-state index contributed by atoms with van der Waals surface area (Å²) >= 11 is 0. The van der Waals surface area contributed by atoms with Crippen LogP contribution in [-0.2, 0) is 4.79 Å². The molecule has 0 heterocycles. The molecule has 19 heavy (non-hydrogen) atoms. The molecule has 0 aliphatic heterocycles. The third-order valence-corrected chi connectivity index (χ3v) is 2.11. The lowest BCUT2D eigenvalue weighted by atomic mass is 10.1. The fourth-order valence-corrected chi connectivity index (χ4v) is 1.45. The molecule has 1 amide bonds. The molecule has 0 saturated carbocycles. The van der Waals surface area contributed by atoms with Crippen LogP contribution in [0, 0.1) is 15.9 Å². The summed E-state index contributed by atoms with van der Waals surface area (Å²) in [4.78, 5) is 21.7. The number of nitro benzene ring substituents is 1. The molecule has 0 bridgehead atoms. The predicted octanol–water partition coefficient (Wildman–Crippen LogP) is 2.06. The Balaban J connectivity index is 2.75. The molecular formula is C12H16FN3O3. The Morgan fingerprint density at radius 1 is 1.42 bits per heavy atom. The van der Waals surface area contributed by atoms with Crippen LogP contribution in [0.4, 0.5) is 15.8 Å². The van der Waals surface area contributed by atoms with Gasteiger partial charge in [0.05, 0.1) is 11.5 Å². The van der Waals surface area contributed by atoms with Gasteiger partial charge in [-0.15, -0.1) is 0 Å². The van der Waals surface area contributed by atoms with E-state index in [0.717, 1.165) is 18.2 Å². The maximum absolute atomic E-state index is 13.0. The van der Waals surface area contributed by atoms with Crippen LogP contribution in [0.3, 0.4) is 0 Å². The third-order valence-electron chi connectivity index (χ3n) is 2.11. The maximum Gasteiger partial charge on any atom is 0.292 e. The summed E-state index contributed by atoms with van der Waals surface area (Å²) < 4.78 is 13.0. The van der Waals surface area contributed by atoms with Gasteiger partial charge in [-0.3, -0.25) is 14.9 Å². The molecule has 0 spiro atoms. The number of amides is 1. The predicted molar refractivity (Wildman–Crippen MR) is 69.4 cm³/mol. The normalized spacial score (nSPS) is 10.9. The second-order valence-corrected chi connectivity index (χ2v) is 5.07. The molecular weight excluding hydrogens is 253 g/mol. The van der Waals surface area contributed by atoms with E-state index in [2.05, 4.69) is 10.6 Å². The van der Waals surface area contributed by atoms with E-state index in [-0.39, 0.29) is 23.8 Å². The maximum atomic E-state index is 13.0. The Hall–Kier alpha value is -2.18. The molecule has 0 atom stereocenters. The number of hydrogen-bond acceptors (Lipinski definition) is 4. The van der Waals surface area contributed by atoms with E-state index in [9.17, 15) is 19.3 Å². The molecule has 2 N–H and O–H groups in total. The van der Waals surface area contributed by atoms with Gasteiger partial charge in [0.15, 0.2) is 0 Å². The molecule has 6 nitrogen and oxygen atoms in total. The monoisotopic (exact) mass is 269 g/mol. The molecule has 0 aromatic heterocycles. The van der Waals surface area contributed by atoms with Crippen LogP contribution >= 0.6 is 0 Å². The highest BCUT2D eigenvalue weighted by molar-refractivity contribution is 5.82. The van der Waals surface area contributed by atoms with Crippen molar-refractivity contribution in [1.29, 1.82) is 0 Å². The quantitative estimate of drug-likeness (QED) is 0.647. The summed E-state index contributed by atoms with van der Waals surface area (Å²) in [6.07, 6.45) is 0. The van der Waals surface area contributed by atoms with Gasteiger partial charge >= 0.3 is 0 Å². The molecule has 0 unspecified atom stereocenters. The summed E-state index contributed by atoms with van der Waals surface area (Å²) in [6.45, 7) is 5.28. The number of hydrogen-bond donors (Lipinski definition) is 2. The van der Waals surface area contributed by atoms with Crippen molar-refractivity contribution >= 4 is 17.3 Å². The highest BCUT2D eigenvalue weighted by Gasteiger charge is 2.17. The standard InChI is InChI=1S/C12H16FN3O3/c1-12(2,3)15-11(17)7-14-9-6-8(13)4-5-10(9)16(18)19/h4-6,14H,7H2,1-3H3,(H,15,17). The number of nitro groups is 1. The van der Waals surface area contributed by atoms with Gasteiger partial charge in [-0.1, -0.05) is 0 Å². The molecule has 1 aromatic carbocycles. The molecule has 104 valence electrons. The van der Waals surface area contributed by atoms with Crippen molar-refractivity contribution in [2.24, 2.45) is 0 Å². The molecule has 0 fully saturated rings. The first kappa shape index (κ1) is 14.9. The first-order valence-corrected chi connectivity index (χ1v) is 5.68. The number of nitrogens with zero attached hydrogens (tertiary/aromatic N) is 1. The highest BCUT2D eigenvalue weighted by Crippen LogP contribution is 2.24. The Labute approximate surface area is 110 Å². The van der Waals surface area contributed by atoms with Crippen molar-refractivity contribution in [2.45, 2.75) is 26.3 Å². The zero-order valence-electron chi connectivity index (χ0n) is 11.0. The first-order chi connectivity index (χ1) is 8.69. The zero-order valence-corrected chi connectivity index (χ0v) is 11.0. The van der Waals surface area contributed by atoms with Crippen molar-refractivity contribution in [3.8, 4) is 0 Å². The molecule has 0 radical (unpaired) electrons. The second kappa shape index (κ2) is 5.64. The van der Waals surface area contributed by atoms with E-state index in [1.807, 2.05) is 20.8 Å². The fourth-order valence-electron chi connectivity index (χ4n) is 1.45.